The summed E-state index contributed by atoms with van der Waals surface area (Å²) in [5.41, 5.74) is 11.2. The molecule has 0 aliphatic heterocycles. The van der Waals surface area contributed by atoms with Crippen molar-refractivity contribution in [3.8, 4) is 22.5 Å². The maximum Gasteiger partial charge on any atom is 0.145 e. The number of furan rings is 1. The summed E-state index contributed by atoms with van der Waals surface area (Å²) in [5, 5.41) is 7.07. The fourth-order valence-corrected chi connectivity index (χ4v) is 7.40. The van der Waals surface area contributed by atoms with Crippen molar-refractivity contribution in [2.45, 2.75) is 0 Å². The van der Waals surface area contributed by atoms with E-state index in [1.54, 1.807) is 0 Å². The highest BCUT2D eigenvalue weighted by Crippen LogP contribution is 2.45. The number of para-hydroxylation sites is 3. The van der Waals surface area contributed by atoms with Gasteiger partial charge in [-0.1, -0.05) is 97.1 Å². The van der Waals surface area contributed by atoms with Crippen LogP contribution in [0.15, 0.2) is 162 Å². The zero-order chi connectivity index (χ0) is 29.5. The van der Waals surface area contributed by atoms with E-state index in [-0.39, 0.29) is 0 Å². The third kappa shape index (κ3) is 3.41. The van der Waals surface area contributed by atoms with Gasteiger partial charge >= 0.3 is 0 Å². The zero-order valence-electron chi connectivity index (χ0n) is 24.3. The number of nitrogens with zero attached hydrogens (tertiary/aromatic N) is 2. The van der Waals surface area contributed by atoms with Crippen LogP contribution in [-0.2, 0) is 0 Å². The standard InChI is InChI=1S/C42H26N2O/c1-3-12-27(13-4-1)28-14-11-17-30(26-28)44-37-24-22-32-31-18-8-10-21-38(31)45-42(32)40(37)34-23-25-36-39(41(34)44)33-19-7-9-20-35(33)43(36)29-15-5-2-6-16-29/h1-26H. The van der Waals surface area contributed by atoms with Gasteiger partial charge in [-0.05, 0) is 71.8 Å². The Labute approximate surface area is 258 Å². The maximum atomic E-state index is 6.67. The van der Waals surface area contributed by atoms with E-state index in [9.17, 15) is 0 Å². The normalized spacial score (nSPS) is 12.0. The van der Waals surface area contributed by atoms with E-state index in [0.717, 1.165) is 44.2 Å². The summed E-state index contributed by atoms with van der Waals surface area (Å²) >= 11 is 0. The molecule has 3 nitrogen and oxygen atoms in total. The number of benzene rings is 7. The van der Waals surface area contributed by atoms with Crippen molar-refractivity contribution in [2.75, 3.05) is 0 Å². The highest BCUT2D eigenvalue weighted by molar-refractivity contribution is 6.30. The summed E-state index contributed by atoms with van der Waals surface area (Å²) < 4.78 is 11.5. The number of hydrogen-bond donors (Lipinski definition) is 0. The second-order valence-corrected chi connectivity index (χ2v) is 11.7. The van der Waals surface area contributed by atoms with E-state index >= 15 is 0 Å². The summed E-state index contributed by atoms with van der Waals surface area (Å²) in [4.78, 5) is 0. The van der Waals surface area contributed by atoms with Crippen molar-refractivity contribution in [3.63, 3.8) is 0 Å². The minimum absolute atomic E-state index is 0.911. The minimum atomic E-state index is 0.911. The first-order chi connectivity index (χ1) is 22.3. The summed E-state index contributed by atoms with van der Waals surface area (Å²) in [6.45, 7) is 0. The quantitative estimate of drug-likeness (QED) is 0.206. The second kappa shape index (κ2) is 9.22. The Kier molecular flexibility index (Phi) is 5.00. The van der Waals surface area contributed by atoms with Crippen LogP contribution in [0.25, 0.3) is 88.1 Å². The molecule has 0 fully saturated rings. The predicted octanol–water partition coefficient (Wildman–Crippen LogP) is 11.4. The molecule has 0 bridgehead atoms. The topological polar surface area (TPSA) is 23.0 Å². The molecule has 0 aliphatic carbocycles. The molecule has 0 radical (unpaired) electrons. The molecular weight excluding hydrogens is 548 g/mol. The van der Waals surface area contributed by atoms with Crippen molar-refractivity contribution in [1.82, 2.24) is 9.13 Å². The van der Waals surface area contributed by atoms with E-state index in [0.29, 0.717) is 0 Å². The van der Waals surface area contributed by atoms with Gasteiger partial charge in [-0.3, -0.25) is 0 Å². The van der Waals surface area contributed by atoms with Crippen LogP contribution in [0.2, 0.25) is 0 Å². The van der Waals surface area contributed by atoms with E-state index in [4.69, 9.17) is 4.42 Å². The average molecular weight is 575 g/mol. The highest BCUT2D eigenvalue weighted by Gasteiger charge is 2.23. The van der Waals surface area contributed by atoms with Gasteiger partial charge in [0.1, 0.15) is 11.2 Å². The molecule has 0 saturated carbocycles. The first-order valence-electron chi connectivity index (χ1n) is 15.4. The molecule has 0 spiro atoms. The molecule has 0 amide bonds. The van der Waals surface area contributed by atoms with Gasteiger partial charge in [-0.2, -0.15) is 0 Å². The van der Waals surface area contributed by atoms with Gasteiger partial charge in [0, 0.05) is 38.3 Å². The van der Waals surface area contributed by atoms with Crippen LogP contribution in [-0.4, -0.2) is 9.13 Å². The third-order valence-electron chi connectivity index (χ3n) is 9.30. The molecule has 3 heterocycles. The Morgan fingerprint density at radius 2 is 1.02 bits per heavy atom. The van der Waals surface area contributed by atoms with Crippen LogP contribution in [0.3, 0.4) is 0 Å². The van der Waals surface area contributed by atoms with Gasteiger partial charge in [-0.25, -0.2) is 0 Å². The number of aromatic nitrogens is 2. The molecule has 45 heavy (non-hydrogen) atoms. The molecule has 0 aliphatic rings. The first kappa shape index (κ1) is 24.4. The second-order valence-electron chi connectivity index (χ2n) is 11.7. The van der Waals surface area contributed by atoms with Crippen LogP contribution in [0.4, 0.5) is 0 Å². The Morgan fingerprint density at radius 1 is 0.378 bits per heavy atom. The maximum absolute atomic E-state index is 6.67. The van der Waals surface area contributed by atoms with Crippen LogP contribution in [0.5, 0.6) is 0 Å². The molecular formula is C42H26N2O. The molecule has 0 atom stereocenters. The fourth-order valence-electron chi connectivity index (χ4n) is 7.40. The van der Waals surface area contributed by atoms with Crippen LogP contribution in [0, 0.1) is 0 Å². The molecule has 10 aromatic rings. The SMILES string of the molecule is c1ccc(-c2cccc(-n3c4ccc5c6ccccc6oc5c4c4ccc5c(c6ccccc6n5-c5ccccc5)c43)c2)cc1. The third-order valence-corrected chi connectivity index (χ3v) is 9.30. The van der Waals surface area contributed by atoms with Crippen molar-refractivity contribution >= 4 is 65.6 Å². The molecule has 0 N–H and O–H groups in total. The monoisotopic (exact) mass is 574 g/mol. The molecule has 0 saturated heterocycles. The van der Waals surface area contributed by atoms with Gasteiger partial charge in [0.2, 0.25) is 0 Å². The molecule has 10 rings (SSSR count). The van der Waals surface area contributed by atoms with Crippen LogP contribution < -0.4 is 0 Å². The zero-order valence-corrected chi connectivity index (χ0v) is 24.3. The minimum Gasteiger partial charge on any atom is -0.455 e. The van der Waals surface area contributed by atoms with E-state index < -0.39 is 0 Å². The summed E-state index contributed by atoms with van der Waals surface area (Å²) in [5.74, 6) is 0. The van der Waals surface area contributed by atoms with Crippen LogP contribution >= 0.6 is 0 Å². The largest absolute Gasteiger partial charge is 0.455 e. The Bertz CT molecular complexity index is 2740. The van der Waals surface area contributed by atoms with Crippen LogP contribution in [0.1, 0.15) is 0 Å². The predicted molar refractivity (Wildman–Crippen MR) is 188 cm³/mol. The highest BCUT2D eigenvalue weighted by atomic mass is 16.3. The summed E-state index contributed by atoms with van der Waals surface area (Å²) in [6.07, 6.45) is 0. The first-order valence-corrected chi connectivity index (χ1v) is 15.4. The van der Waals surface area contributed by atoms with E-state index in [1.807, 2.05) is 6.07 Å². The van der Waals surface area contributed by atoms with E-state index in [2.05, 4.69) is 161 Å². The molecule has 3 heteroatoms. The Balaban J connectivity index is 1.43. The van der Waals surface area contributed by atoms with Gasteiger partial charge in [0.15, 0.2) is 0 Å². The van der Waals surface area contributed by atoms with Crippen molar-refractivity contribution in [1.29, 1.82) is 0 Å². The Morgan fingerprint density at radius 3 is 1.87 bits per heavy atom. The lowest BCUT2D eigenvalue weighted by Gasteiger charge is -2.12. The number of rotatable bonds is 3. The fraction of sp³-hybridized carbons (Fsp3) is 0. The molecule has 210 valence electrons. The number of hydrogen-bond acceptors (Lipinski definition) is 1. The lowest BCUT2D eigenvalue weighted by atomic mass is 10.0. The molecule has 3 aromatic heterocycles. The summed E-state index contributed by atoms with van der Waals surface area (Å²) in [6, 6.07) is 56.4. The van der Waals surface area contributed by atoms with Gasteiger partial charge in [0.25, 0.3) is 0 Å². The molecule has 7 aromatic carbocycles. The lowest BCUT2D eigenvalue weighted by Crippen LogP contribution is -1.95. The van der Waals surface area contributed by atoms with Crippen molar-refractivity contribution in [2.24, 2.45) is 0 Å². The van der Waals surface area contributed by atoms with Gasteiger partial charge in [-0.15, -0.1) is 0 Å². The van der Waals surface area contributed by atoms with Crippen molar-refractivity contribution < 1.29 is 4.42 Å². The van der Waals surface area contributed by atoms with Crippen molar-refractivity contribution in [3.05, 3.63) is 158 Å². The Hall–Kier alpha value is -6.06. The smallest absolute Gasteiger partial charge is 0.145 e. The number of fused-ring (bicyclic) bond motifs is 11. The summed E-state index contributed by atoms with van der Waals surface area (Å²) in [7, 11) is 0. The molecule has 0 unspecified atom stereocenters. The van der Waals surface area contributed by atoms with Gasteiger partial charge < -0.3 is 13.6 Å². The lowest BCUT2D eigenvalue weighted by molar-refractivity contribution is 0.673. The average Bonchev–Trinajstić information content (AvgIpc) is 3.76. The van der Waals surface area contributed by atoms with Gasteiger partial charge in [0.05, 0.1) is 27.5 Å². The van der Waals surface area contributed by atoms with E-state index in [1.165, 1.54) is 43.8 Å².